The van der Waals surface area contributed by atoms with E-state index in [1.54, 1.807) is 13.8 Å². The van der Waals surface area contributed by atoms with Crippen LogP contribution in [0.3, 0.4) is 0 Å². The first-order valence-electron chi connectivity index (χ1n) is 9.89. The van der Waals surface area contributed by atoms with Gasteiger partial charge in [-0.05, 0) is 49.2 Å². The summed E-state index contributed by atoms with van der Waals surface area (Å²) in [6.45, 7) is 3.47. The highest BCUT2D eigenvalue weighted by molar-refractivity contribution is 5.91. The molecule has 1 heterocycles. The van der Waals surface area contributed by atoms with Gasteiger partial charge in [-0.1, -0.05) is 6.07 Å². The molecule has 0 aromatic heterocycles. The Morgan fingerprint density at radius 3 is 2.58 bits per heavy atom. The van der Waals surface area contributed by atoms with Gasteiger partial charge in [-0.2, -0.15) is 13.2 Å². The molecule has 0 saturated carbocycles. The lowest BCUT2D eigenvalue weighted by Gasteiger charge is -2.38. The molecular formula is C22H22F4N2O3. The lowest BCUT2D eigenvalue weighted by Crippen LogP contribution is -2.42. The minimum atomic E-state index is -4.51. The summed E-state index contributed by atoms with van der Waals surface area (Å²) in [7, 11) is 0. The number of halogens is 4. The second-order valence-corrected chi connectivity index (χ2v) is 8.58. The van der Waals surface area contributed by atoms with Crippen molar-refractivity contribution < 1.29 is 32.2 Å². The molecule has 9 heteroatoms. The third kappa shape index (κ3) is 4.32. The van der Waals surface area contributed by atoms with E-state index in [9.17, 15) is 27.5 Å². The molecule has 2 aliphatic rings. The molecule has 0 unspecified atom stereocenters. The molecule has 31 heavy (non-hydrogen) atoms. The van der Waals surface area contributed by atoms with E-state index in [2.05, 4.69) is 10.6 Å². The molecule has 1 aliphatic carbocycles. The monoisotopic (exact) mass is 438 g/mol. The third-order valence-electron chi connectivity index (χ3n) is 5.61. The number of fused-ring (bicyclic) bond motifs is 2. The molecule has 1 aliphatic heterocycles. The standard InChI is InChI=1S/C22H22F4N2O3/c1-21(2)10-18(13-4-3-11(22(24,25)26)7-19(13)31-21)28-20(30)27-17-6-5-16(23)14-8-12(29)9-15(14)17/h3-7,12,18,29H,8-10H2,1-2H3,(H2,27,28,30)/t12-,18+/m0/s1. The van der Waals surface area contributed by atoms with Crippen LogP contribution in [0.2, 0.25) is 0 Å². The number of urea groups is 1. The smallest absolute Gasteiger partial charge is 0.416 e. The van der Waals surface area contributed by atoms with Crippen LogP contribution in [0, 0.1) is 5.82 Å². The van der Waals surface area contributed by atoms with Crippen molar-refractivity contribution in [1.82, 2.24) is 5.32 Å². The number of amides is 2. The van der Waals surface area contributed by atoms with E-state index in [0.717, 1.165) is 12.1 Å². The number of rotatable bonds is 2. The topological polar surface area (TPSA) is 70.6 Å². The van der Waals surface area contributed by atoms with Crippen LogP contribution in [-0.2, 0) is 19.0 Å². The number of hydrogen-bond donors (Lipinski definition) is 3. The molecule has 3 N–H and O–H groups in total. The van der Waals surface area contributed by atoms with Gasteiger partial charge in [0.15, 0.2) is 0 Å². The molecule has 2 aromatic carbocycles. The Labute approximate surface area is 176 Å². The molecule has 2 amide bonds. The summed E-state index contributed by atoms with van der Waals surface area (Å²) < 4.78 is 59.0. The number of carbonyl (C=O) groups is 1. The third-order valence-corrected chi connectivity index (χ3v) is 5.61. The highest BCUT2D eigenvalue weighted by Crippen LogP contribution is 2.42. The van der Waals surface area contributed by atoms with Crippen LogP contribution < -0.4 is 15.4 Å². The van der Waals surface area contributed by atoms with E-state index in [4.69, 9.17) is 4.74 Å². The highest BCUT2D eigenvalue weighted by Gasteiger charge is 2.38. The largest absolute Gasteiger partial charge is 0.487 e. The Bertz CT molecular complexity index is 1040. The predicted molar refractivity (Wildman–Crippen MR) is 105 cm³/mol. The molecule has 2 aromatic rings. The fraction of sp³-hybridized carbons (Fsp3) is 0.409. The number of aliphatic hydroxyl groups excluding tert-OH is 1. The summed E-state index contributed by atoms with van der Waals surface area (Å²) in [5, 5.41) is 15.3. The van der Waals surface area contributed by atoms with Gasteiger partial charge in [0.25, 0.3) is 0 Å². The Morgan fingerprint density at radius 2 is 1.87 bits per heavy atom. The molecule has 0 fully saturated rings. The van der Waals surface area contributed by atoms with Crippen LogP contribution in [-0.4, -0.2) is 22.8 Å². The lowest BCUT2D eigenvalue weighted by atomic mass is 9.89. The zero-order chi connectivity index (χ0) is 22.6. The molecule has 0 saturated heterocycles. The minimum absolute atomic E-state index is 0.0715. The van der Waals surface area contributed by atoms with Gasteiger partial charge in [0.1, 0.15) is 17.2 Å². The summed E-state index contributed by atoms with van der Waals surface area (Å²) in [4.78, 5) is 12.7. The Kier molecular flexibility index (Phi) is 5.12. The van der Waals surface area contributed by atoms with Crippen LogP contribution in [0.1, 0.15) is 48.6 Å². The van der Waals surface area contributed by atoms with Gasteiger partial charge in [-0.25, -0.2) is 9.18 Å². The molecule has 5 nitrogen and oxygen atoms in total. The fourth-order valence-electron chi connectivity index (χ4n) is 4.25. The highest BCUT2D eigenvalue weighted by atomic mass is 19.4. The summed E-state index contributed by atoms with van der Waals surface area (Å²) in [6, 6.07) is 4.72. The van der Waals surface area contributed by atoms with Gasteiger partial charge in [0, 0.05) is 30.5 Å². The maximum Gasteiger partial charge on any atom is 0.416 e. The van der Waals surface area contributed by atoms with E-state index in [-0.39, 0.29) is 18.6 Å². The maximum atomic E-state index is 14.0. The van der Waals surface area contributed by atoms with E-state index in [1.165, 1.54) is 18.2 Å². The molecule has 0 bridgehead atoms. The van der Waals surface area contributed by atoms with Crippen molar-refractivity contribution >= 4 is 11.7 Å². The molecule has 0 spiro atoms. The number of ether oxygens (including phenoxy) is 1. The maximum absolute atomic E-state index is 14.0. The van der Waals surface area contributed by atoms with E-state index in [0.29, 0.717) is 28.8 Å². The Morgan fingerprint density at radius 1 is 1.16 bits per heavy atom. The summed E-state index contributed by atoms with van der Waals surface area (Å²) in [5.74, 6) is -0.361. The number of carbonyl (C=O) groups excluding carboxylic acids is 1. The van der Waals surface area contributed by atoms with Crippen molar-refractivity contribution in [2.45, 2.75) is 57.0 Å². The van der Waals surface area contributed by atoms with Crippen molar-refractivity contribution in [1.29, 1.82) is 0 Å². The van der Waals surface area contributed by atoms with Gasteiger partial charge in [0.05, 0.1) is 17.7 Å². The minimum Gasteiger partial charge on any atom is -0.487 e. The molecule has 166 valence electrons. The number of anilines is 1. The normalized spacial score (nSPS) is 21.6. The molecule has 2 atom stereocenters. The summed E-state index contributed by atoms with van der Waals surface area (Å²) in [5.41, 5.74) is 0.142. The van der Waals surface area contributed by atoms with E-state index >= 15 is 0 Å². The zero-order valence-corrected chi connectivity index (χ0v) is 16.9. The van der Waals surface area contributed by atoms with Gasteiger partial charge < -0.3 is 20.5 Å². The predicted octanol–water partition coefficient (Wildman–Crippen LogP) is 4.73. The van der Waals surface area contributed by atoms with Crippen LogP contribution in [0.15, 0.2) is 30.3 Å². The number of alkyl halides is 3. The van der Waals surface area contributed by atoms with Crippen LogP contribution in [0.5, 0.6) is 5.75 Å². The van der Waals surface area contributed by atoms with E-state index in [1.807, 2.05) is 0 Å². The molecular weight excluding hydrogens is 416 g/mol. The summed E-state index contributed by atoms with van der Waals surface area (Å²) >= 11 is 0. The fourth-order valence-corrected chi connectivity index (χ4v) is 4.25. The lowest BCUT2D eigenvalue weighted by molar-refractivity contribution is -0.137. The second kappa shape index (κ2) is 7.40. The average molecular weight is 438 g/mol. The van der Waals surface area contributed by atoms with Crippen LogP contribution in [0.25, 0.3) is 0 Å². The number of benzene rings is 2. The number of hydrogen-bond acceptors (Lipinski definition) is 3. The van der Waals surface area contributed by atoms with Gasteiger partial charge in [-0.15, -0.1) is 0 Å². The van der Waals surface area contributed by atoms with Crippen molar-refractivity contribution in [3.63, 3.8) is 0 Å². The first kappa shape index (κ1) is 21.4. The first-order chi connectivity index (χ1) is 14.4. The van der Waals surface area contributed by atoms with Crippen molar-refractivity contribution in [2.24, 2.45) is 0 Å². The van der Waals surface area contributed by atoms with Gasteiger partial charge in [0.2, 0.25) is 0 Å². The Hall–Kier alpha value is -2.81. The van der Waals surface area contributed by atoms with Crippen molar-refractivity contribution in [3.05, 3.63) is 58.4 Å². The van der Waals surface area contributed by atoms with Crippen LogP contribution in [0.4, 0.5) is 28.0 Å². The Balaban J connectivity index is 1.56. The van der Waals surface area contributed by atoms with Gasteiger partial charge in [-0.3, -0.25) is 0 Å². The first-order valence-corrected chi connectivity index (χ1v) is 9.89. The quantitative estimate of drug-likeness (QED) is 0.594. The molecule has 0 radical (unpaired) electrons. The number of nitrogens with one attached hydrogen (secondary N) is 2. The van der Waals surface area contributed by atoms with Crippen molar-refractivity contribution in [3.8, 4) is 5.75 Å². The zero-order valence-electron chi connectivity index (χ0n) is 16.9. The average Bonchev–Trinajstić information content (AvgIpc) is 3.04. The van der Waals surface area contributed by atoms with Crippen LogP contribution >= 0.6 is 0 Å². The second-order valence-electron chi connectivity index (χ2n) is 8.58. The van der Waals surface area contributed by atoms with E-state index < -0.39 is 41.3 Å². The summed E-state index contributed by atoms with van der Waals surface area (Å²) in [6.07, 6.45) is -4.45. The molecule has 4 rings (SSSR count). The number of aliphatic hydroxyl groups is 1. The van der Waals surface area contributed by atoms with Crippen molar-refractivity contribution in [2.75, 3.05) is 5.32 Å². The SMILES string of the molecule is CC1(C)C[C@@H](NC(=O)Nc2ccc(F)c3c2C[C@@H](O)C3)c2ccc(C(F)(F)F)cc2O1. The van der Waals surface area contributed by atoms with Gasteiger partial charge >= 0.3 is 12.2 Å².